The monoisotopic (exact) mass is 290 g/mol. The molecular formula is C16H26N4O. The summed E-state index contributed by atoms with van der Waals surface area (Å²) in [6.07, 6.45) is 10.8. The molecule has 5 nitrogen and oxygen atoms in total. The van der Waals surface area contributed by atoms with Crippen LogP contribution in [0, 0.1) is 0 Å². The predicted octanol–water partition coefficient (Wildman–Crippen LogP) is 1.60. The topological polar surface area (TPSA) is 73.1 Å². The van der Waals surface area contributed by atoms with Gasteiger partial charge in [-0.3, -0.25) is 0 Å². The average Bonchev–Trinajstić information content (AvgIpc) is 2.55. The molecule has 2 heterocycles. The fourth-order valence-corrected chi connectivity index (χ4v) is 3.41. The first-order valence-electron chi connectivity index (χ1n) is 8.20. The van der Waals surface area contributed by atoms with Crippen LogP contribution in [0.25, 0.3) is 0 Å². The molecule has 5 heteroatoms. The lowest BCUT2D eigenvalue weighted by Gasteiger charge is -2.33. The number of hydrogen-bond acceptors (Lipinski definition) is 5. The molecule has 0 radical (unpaired) electrons. The maximum absolute atomic E-state index is 6.13. The van der Waals surface area contributed by atoms with Gasteiger partial charge in [0.25, 0.3) is 0 Å². The van der Waals surface area contributed by atoms with Crippen LogP contribution in [0.5, 0.6) is 0 Å². The van der Waals surface area contributed by atoms with Crippen LogP contribution in [-0.4, -0.2) is 41.3 Å². The van der Waals surface area contributed by atoms with Crippen LogP contribution in [0.2, 0.25) is 0 Å². The highest BCUT2D eigenvalue weighted by molar-refractivity contribution is 4.99. The Bertz CT molecular complexity index is 420. The Kier molecular flexibility index (Phi) is 5.17. The van der Waals surface area contributed by atoms with E-state index in [2.05, 4.69) is 15.3 Å². The molecule has 116 valence electrons. The van der Waals surface area contributed by atoms with E-state index in [1.807, 2.05) is 18.5 Å². The molecule has 0 unspecified atom stereocenters. The lowest BCUT2D eigenvalue weighted by molar-refractivity contribution is 0.00577. The van der Waals surface area contributed by atoms with E-state index in [9.17, 15) is 0 Å². The highest BCUT2D eigenvalue weighted by Gasteiger charge is 2.27. The molecule has 1 aromatic heterocycles. The van der Waals surface area contributed by atoms with Crippen molar-refractivity contribution in [3.8, 4) is 0 Å². The fourth-order valence-electron chi connectivity index (χ4n) is 3.41. The molecule has 0 amide bonds. The summed E-state index contributed by atoms with van der Waals surface area (Å²) in [5.41, 5.74) is 6.13. The van der Waals surface area contributed by atoms with Crippen molar-refractivity contribution in [1.29, 1.82) is 0 Å². The molecule has 0 spiro atoms. The van der Waals surface area contributed by atoms with Crippen molar-refractivity contribution in [3.63, 3.8) is 0 Å². The van der Waals surface area contributed by atoms with Crippen molar-refractivity contribution in [1.82, 2.24) is 15.3 Å². The summed E-state index contributed by atoms with van der Waals surface area (Å²) in [5.74, 6) is 1.49. The quantitative estimate of drug-likeness (QED) is 0.881. The molecule has 0 aromatic carbocycles. The first-order chi connectivity index (χ1) is 10.3. The second-order valence-corrected chi connectivity index (χ2v) is 6.28. The summed E-state index contributed by atoms with van der Waals surface area (Å²) in [6.45, 7) is 1.82. The van der Waals surface area contributed by atoms with Gasteiger partial charge in [0, 0.05) is 30.4 Å². The zero-order chi connectivity index (χ0) is 14.5. The molecule has 3 rings (SSSR count). The van der Waals surface area contributed by atoms with Gasteiger partial charge in [-0.1, -0.05) is 0 Å². The van der Waals surface area contributed by atoms with Gasteiger partial charge in [-0.2, -0.15) is 0 Å². The second kappa shape index (κ2) is 7.29. The summed E-state index contributed by atoms with van der Waals surface area (Å²) < 4.78 is 6.09. The van der Waals surface area contributed by atoms with Gasteiger partial charge in [-0.25, -0.2) is 9.97 Å². The van der Waals surface area contributed by atoms with Crippen LogP contribution in [0.15, 0.2) is 18.5 Å². The van der Waals surface area contributed by atoms with Gasteiger partial charge in [0.05, 0.1) is 12.7 Å². The standard InChI is InChI=1S/C16H26N4O/c17-14-3-1-8-18-15(14)11-21-13-6-4-12(5-7-13)16-19-9-2-10-20-16/h2,9-10,12-15,18H,1,3-8,11,17H2/t12-,13+,14-,15-/m0/s1. The third kappa shape index (κ3) is 3.99. The lowest BCUT2D eigenvalue weighted by atomic mass is 9.86. The summed E-state index contributed by atoms with van der Waals surface area (Å²) in [6, 6.07) is 2.44. The van der Waals surface area contributed by atoms with Gasteiger partial charge in [0.1, 0.15) is 5.82 Å². The number of nitrogens with two attached hydrogens (primary N) is 1. The molecule has 3 N–H and O–H groups in total. The number of hydrogen-bond donors (Lipinski definition) is 2. The van der Waals surface area contributed by atoms with E-state index in [0.717, 1.165) is 51.1 Å². The molecule has 1 aliphatic carbocycles. The van der Waals surface area contributed by atoms with Gasteiger partial charge in [0.15, 0.2) is 0 Å². The number of aromatic nitrogens is 2. The van der Waals surface area contributed by atoms with E-state index < -0.39 is 0 Å². The number of nitrogens with one attached hydrogen (secondary N) is 1. The van der Waals surface area contributed by atoms with E-state index in [1.54, 1.807) is 0 Å². The lowest BCUT2D eigenvalue weighted by Crippen LogP contribution is -2.52. The summed E-state index contributed by atoms with van der Waals surface area (Å²) in [4.78, 5) is 8.76. The zero-order valence-corrected chi connectivity index (χ0v) is 12.6. The van der Waals surface area contributed by atoms with Gasteiger partial charge in [-0.15, -0.1) is 0 Å². The molecular weight excluding hydrogens is 264 g/mol. The Morgan fingerprint density at radius 3 is 2.62 bits per heavy atom. The highest BCUT2D eigenvalue weighted by atomic mass is 16.5. The van der Waals surface area contributed by atoms with Gasteiger partial charge >= 0.3 is 0 Å². The maximum atomic E-state index is 6.13. The largest absolute Gasteiger partial charge is 0.377 e. The van der Waals surface area contributed by atoms with Crippen LogP contribution in [-0.2, 0) is 4.74 Å². The van der Waals surface area contributed by atoms with Crippen LogP contribution < -0.4 is 11.1 Å². The Morgan fingerprint density at radius 1 is 1.14 bits per heavy atom. The number of ether oxygens (including phenoxy) is 1. The first kappa shape index (κ1) is 14.9. The van der Waals surface area contributed by atoms with Gasteiger partial charge in [0.2, 0.25) is 0 Å². The van der Waals surface area contributed by atoms with Crippen molar-refractivity contribution in [2.75, 3.05) is 13.2 Å². The first-order valence-corrected chi connectivity index (χ1v) is 8.20. The fraction of sp³-hybridized carbons (Fsp3) is 0.750. The summed E-state index contributed by atoms with van der Waals surface area (Å²) in [5, 5.41) is 3.47. The smallest absolute Gasteiger partial charge is 0.131 e. The molecule has 1 saturated heterocycles. The molecule has 21 heavy (non-hydrogen) atoms. The molecule has 2 aliphatic rings. The minimum absolute atomic E-state index is 0.243. The van der Waals surface area contributed by atoms with E-state index >= 15 is 0 Å². The van der Waals surface area contributed by atoms with E-state index in [1.165, 1.54) is 6.42 Å². The van der Waals surface area contributed by atoms with E-state index in [-0.39, 0.29) is 6.04 Å². The van der Waals surface area contributed by atoms with Crippen molar-refractivity contribution in [2.45, 2.75) is 62.6 Å². The van der Waals surface area contributed by atoms with Gasteiger partial charge < -0.3 is 15.8 Å². The Morgan fingerprint density at radius 2 is 1.90 bits per heavy atom. The molecule has 2 atom stereocenters. The van der Waals surface area contributed by atoms with Crippen LogP contribution in [0.4, 0.5) is 0 Å². The number of nitrogens with zero attached hydrogens (tertiary/aromatic N) is 2. The molecule has 0 bridgehead atoms. The van der Waals surface area contributed by atoms with Crippen molar-refractivity contribution >= 4 is 0 Å². The minimum Gasteiger partial charge on any atom is -0.377 e. The predicted molar refractivity (Wildman–Crippen MR) is 82.0 cm³/mol. The summed E-state index contributed by atoms with van der Waals surface area (Å²) in [7, 11) is 0. The van der Waals surface area contributed by atoms with Crippen LogP contribution >= 0.6 is 0 Å². The molecule has 1 aliphatic heterocycles. The average molecular weight is 290 g/mol. The number of rotatable bonds is 4. The van der Waals surface area contributed by atoms with E-state index in [4.69, 9.17) is 10.5 Å². The maximum Gasteiger partial charge on any atom is 0.131 e. The van der Waals surface area contributed by atoms with Crippen molar-refractivity contribution < 1.29 is 4.74 Å². The SMILES string of the molecule is N[C@H]1CCCN[C@H]1CO[C@H]1CC[C@@H](c2ncccn2)CC1. The van der Waals surface area contributed by atoms with Crippen molar-refractivity contribution in [3.05, 3.63) is 24.3 Å². The normalized spacial score (nSPS) is 33.8. The molecule has 1 saturated carbocycles. The van der Waals surface area contributed by atoms with Crippen molar-refractivity contribution in [2.24, 2.45) is 5.73 Å². The minimum atomic E-state index is 0.243. The Balaban J connectivity index is 1.41. The molecule has 1 aromatic rings. The Labute approximate surface area is 126 Å². The van der Waals surface area contributed by atoms with E-state index in [0.29, 0.717) is 18.1 Å². The second-order valence-electron chi connectivity index (χ2n) is 6.28. The molecule has 2 fully saturated rings. The zero-order valence-electron chi connectivity index (χ0n) is 12.6. The van der Waals surface area contributed by atoms with Crippen LogP contribution in [0.1, 0.15) is 50.3 Å². The Hall–Kier alpha value is -1.04. The highest BCUT2D eigenvalue weighted by Crippen LogP contribution is 2.32. The third-order valence-electron chi connectivity index (χ3n) is 4.77. The summed E-state index contributed by atoms with van der Waals surface area (Å²) >= 11 is 0. The van der Waals surface area contributed by atoms with Gasteiger partial charge in [-0.05, 0) is 51.1 Å². The van der Waals surface area contributed by atoms with Crippen LogP contribution in [0.3, 0.4) is 0 Å². The number of piperidine rings is 1. The third-order valence-corrected chi connectivity index (χ3v) is 4.77.